The summed E-state index contributed by atoms with van der Waals surface area (Å²) in [7, 11) is 5.44. The van der Waals surface area contributed by atoms with Gasteiger partial charge in [0, 0.05) is 12.8 Å². The van der Waals surface area contributed by atoms with Crippen molar-refractivity contribution in [3.05, 3.63) is 60.8 Å². The molecule has 0 amide bonds. The third-order valence-corrected chi connectivity index (χ3v) is 5.71. The number of ether oxygens (including phenoxy) is 3. The molecule has 2 atom stereocenters. The molecule has 0 saturated heterocycles. The van der Waals surface area contributed by atoms with Crippen LogP contribution in [0.4, 0.5) is 0 Å². The molecule has 0 aromatic carbocycles. The maximum Gasteiger partial charge on any atom is 0.362 e. The van der Waals surface area contributed by atoms with Crippen molar-refractivity contribution in [2.75, 3.05) is 41.0 Å². The number of carbonyl (C=O) groups excluding carboxylic acids is 2. The van der Waals surface area contributed by atoms with Crippen LogP contribution >= 0.6 is 0 Å². The van der Waals surface area contributed by atoms with E-state index in [0.29, 0.717) is 12.8 Å². The zero-order valence-electron chi connectivity index (χ0n) is 25.3. The quantitative estimate of drug-likeness (QED) is 0.0711. The first-order chi connectivity index (χ1) is 19.1. The van der Waals surface area contributed by atoms with E-state index in [2.05, 4.69) is 44.2 Å². The van der Waals surface area contributed by atoms with Crippen molar-refractivity contribution in [1.29, 1.82) is 0 Å². The average molecular weight is 563 g/mol. The normalized spacial score (nSPS) is 14.1. The Morgan fingerprint density at radius 1 is 0.750 bits per heavy atom. The van der Waals surface area contributed by atoms with E-state index in [1.54, 1.807) is 6.08 Å². The van der Waals surface area contributed by atoms with E-state index in [1.165, 1.54) is 0 Å². The largest absolute Gasteiger partial charge is 0.477 e. The molecule has 0 rings (SSSR count). The van der Waals surface area contributed by atoms with E-state index in [-0.39, 0.29) is 37.1 Å². The Morgan fingerprint density at radius 3 is 1.85 bits per heavy atom. The Balaban J connectivity index is 4.75. The zero-order chi connectivity index (χ0) is 30.1. The predicted octanol–water partition coefficient (Wildman–Crippen LogP) is 5.95. The van der Waals surface area contributed by atoms with Gasteiger partial charge in [0.15, 0.2) is 12.1 Å². The Kier molecular flexibility index (Phi) is 22.1. The second kappa shape index (κ2) is 23.9. The number of aliphatic carboxylic acids is 1. The molecular formula is C32H52NO7+. The highest BCUT2D eigenvalue weighted by Gasteiger charge is 2.31. The number of rotatable bonds is 23. The first-order valence-corrected chi connectivity index (χ1v) is 14.3. The first kappa shape index (κ1) is 37.0. The molecule has 226 valence electrons. The van der Waals surface area contributed by atoms with Crippen LogP contribution in [0.15, 0.2) is 60.8 Å². The van der Waals surface area contributed by atoms with Crippen molar-refractivity contribution < 1.29 is 38.2 Å². The van der Waals surface area contributed by atoms with E-state index < -0.39 is 30.1 Å². The SMILES string of the molecule is CC/C=C/C/C=C/C/C=C/CC(=O)OCC(COCCC(C(=O)O)[N+](C)(C)C)OC(=O)CC/C=C/C/C=C/CC. The van der Waals surface area contributed by atoms with Crippen molar-refractivity contribution in [2.24, 2.45) is 0 Å². The Bertz CT molecular complexity index is 850. The number of carbonyl (C=O) groups is 3. The molecule has 8 heteroatoms. The Morgan fingerprint density at radius 2 is 1.30 bits per heavy atom. The van der Waals surface area contributed by atoms with Gasteiger partial charge in [-0.1, -0.05) is 74.6 Å². The highest BCUT2D eigenvalue weighted by atomic mass is 16.6. The number of nitrogens with zero attached hydrogens (tertiary/aromatic N) is 1. The van der Waals surface area contributed by atoms with Crippen molar-refractivity contribution in [1.82, 2.24) is 0 Å². The smallest absolute Gasteiger partial charge is 0.362 e. The van der Waals surface area contributed by atoms with Gasteiger partial charge >= 0.3 is 17.9 Å². The van der Waals surface area contributed by atoms with Gasteiger partial charge in [-0.15, -0.1) is 0 Å². The summed E-state index contributed by atoms with van der Waals surface area (Å²) in [5.41, 5.74) is 0. The fraction of sp³-hybridized carbons (Fsp3) is 0.594. The third kappa shape index (κ3) is 21.9. The van der Waals surface area contributed by atoms with E-state index in [4.69, 9.17) is 14.2 Å². The lowest BCUT2D eigenvalue weighted by atomic mass is 10.1. The molecule has 0 aliphatic rings. The summed E-state index contributed by atoms with van der Waals surface area (Å²) in [5, 5.41) is 9.49. The lowest BCUT2D eigenvalue weighted by Crippen LogP contribution is -2.50. The maximum absolute atomic E-state index is 12.4. The highest BCUT2D eigenvalue weighted by Crippen LogP contribution is 2.09. The van der Waals surface area contributed by atoms with Gasteiger partial charge in [-0.25, -0.2) is 4.79 Å². The standard InChI is InChI=1S/C32H51NO7/c1-6-8-10-12-14-15-17-18-20-22-30(34)39-27-28(26-38-25-24-29(32(36)37)33(3,4)5)40-31(35)23-21-19-16-13-11-9-7-2/h8-11,14-16,18-20,28-29H,6-7,12-13,17,21-27H2,1-5H3/p+1/b10-8+,11-9+,15-14+,19-16+,20-18+. The number of quaternary nitrogens is 1. The minimum absolute atomic E-state index is 0.00721. The zero-order valence-corrected chi connectivity index (χ0v) is 25.3. The minimum atomic E-state index is -0.900. The molecule has 0 saturated carbocycles. The topological polar surface area (TPSA) is 99.1 Å². The van der Waals surface area contributed by atoms with Gasteiger partial charge in [0.2, 0.25) is 0 Å². The minimum Gasteiger partial charge on any atom is -0.477 e. The summed E-state index contributed by atoms with van der Waals surface area (Å²) in [5.74, 6) is -1.73. The van der Waals surface area contributed by atoms with Gasteiger partial charge in [-0.05, 0) is 38.5 Å². The second-order valence-corrected chi connectivity index (χ2v) is 10.3. The molecule has 2 unspecified atom stereocenters. The van der Waals surface area contributed by atoms with Crippen LogP contribution < -0.4 is 0 Å². The molecular weight excluding hydrogens is 510 g/mol. The number of carboxylic acids is 1. The number of hydrogen-bond acceptors (Lipinski definition) is 6. The van der Waals surface area contributed by atoms with Crippen LogP contribution in [0.2, 0.25) is 0 Å². The molecule has 8 nitrogen and oxygen atoms in total. The molecule has 0 aliphatic heterocycles. The molecule has 0 heterocycles. The van der Waals surface area contributed by atoms with E-state index in [9.17, 15) is 19.5 Å². The van der Waals surface area contributed by atoms with Crippen LogP contribution in [-0.2, 0) is 28.6 Å². The molecule has 0 radical (unpaired) electrons. The van der Waals surface area contributed by atoms with E-state index >= 15 is 0 Å². The van der Waals surface area contributed by atoms with Gasteiger partial charge in [-0.3, -0.25) is 9.59 Å². The van der Waals surface area contributed by atoms with Crippen molar-refractivity contribution in [2.45, 2.75) is 83.8 Å². The molecule has 0 aromatic heterocycles. The molecule has 0 bridgehead atoms. The molecule has 0 aromatic rings. The highest BCUT2D eigenvalue weighted by molar-refractivity contribution is 5.72. The Hall–Kier alpha value is -2.97. The fourth-order valence-electron chi connectivity index (χ4n) is 3.50. The van der Waals surface area contributed by atoms with Gasteiger partial charge < -0.3 is 23.8 Å². The number of carboxylic acid groups (broad SMARTS) is 1. The van der Waals surface area contributed by atoms with Crippen molar-refractivity contribution >= 4 is 17.9 Å². The summed E-state index contributed by atoms with van der Waals surface area (Å²) in [4.78, 5) is 36.2. The van der Waals surface area contributed by atoms with Crippen LogP contribution in [0.1, 0.15) is 71.6 Å². The molecule has 40 heavy (non-hydrogen) atoms. The lowest BCUT2D eigenvalue weighted by Gasteiger charge is -2.31. The van der Waals surface area contributed by atoms with Crippen LogP contribution in [0.5, 0.6) is 0 Å². The van der Waals surface area contributed by atoms with Gasteiger partial charge in [0.25, 0.3) is 0 Å². The third-order valence-electron chi connectivity index (χ3n) is 5.71. The fourth-order valence-corrected chi connectivity index (χ4v) is 3.50. The first-order valence-electron chi connectivity index (χ1n) is 14.3. The van der Waals surface area contributed by atoms with Crippen molar-refractivity contribution in [3.8, 4) is 0 Å². The number of likely N-dealkylation sites (N-methyl/N-ethyl adjacent to an activating group) is 1. The summed E-state index contributed by atoms with van der Waals surface area (Å²) in [6.45, 7) is 4.22. The van der Waals surface area contributed by atoms with E-state index in [0.717, 1.165) is 32.1 Å². The number of allylic oxidation sites excluding steroid dienone is 9. The monoisotopic (exact) mass is 562 g/mol. The molecule has 0 spiro atoms. The summed E-state index contributed by atoms with van der Waals surface area (Å²) in [6.07, 6.45) is 25.0. The number of hydrogen-bond donors (Lipinski definition) is 1. The second-order valence-electron chi connectivity index (χ2n) is 10.3. The van der Waals surface area contributed by atoms with Crippen LogP contribution in [0.3, 0.4) is 0 Å². The summed E-state index contributed by atoms with van der Waals surface area (Å²) in [6, 6.07) is -0.632. The van der Waals surface area contributed by atoms with Gasteiger partial charge in [0.05, 0.1) is 40.8 Å². The number of esters is 2. The summed E-state index contributed by atoms with van der Waals surface area (Å²) < 4.78 is 16.8. The average Bonchev–Trinajstić information content (AvgIpc) is 2.89. The predicted molar refractivity (Wildman–Crippen MR) is 160 cm³/mol. The molecule has 0 aliphatic carbocycles. The molecule has 1 N–H and O–H groups in total. The van der Waals surface area contributed by atoms with Crippen LogP contribution in [0, 0.1) is 0 Å². The van der Waals surface area contributed by atoms with E-state index in [1.807, 2.05) is 45.4 Å². The maximum atomic E-state index is 12.4. The summed E-state index contributed by atoms with van der Waals surface area (Å²) >= 11 is 0. The molecule has 0 fully saturated rings. The Labute approximate surface area is 241 Å². The lowest BCUT2D eigenvalue weighted by molar-refractivity contribution is -0.887. The van der Waals surface area contributed by atoms with Gasteiger partial charge in [-0.2, -0.15) is 0 Å². The van der Waals surface area contributed by atoms with Crippen LogP contribution in [-0.4, -0.2) is 80.6 Å². The van der Waals surface area contributed by atoms with Crippen molar-refractivity contribution in [3.63, 3.8) is 0 Å². The van der Waals surface area contributed by atoms with Gasteiger partial charge in [0.1, 0.15) is 6.61 Å². The van der Waals surface area contributed by atoms with Crippen LogP contribution in [0.25, 0.3) is 0 Å².